The van der Waals surface area contributed by atoms with Crippen LogP contribution >= 0.6 is 0 Å². The van der Waals surface area contributed by atoms with Gasteiger partial charge in [0.15, 0.2) is 5.78 Å². The van der Waals surface area contributed by atoms with E-state index >= 15 is 0 Å². The highest BCUT2D eigenvalue weighted by Crippen LogP contribution is 2.29. The molecule has 0 spiro atoms. The van der Waals surface area contributed by atoms with Gasteiger partial charge in [-0.1, -0.05) is 30.4 Å². The third-order valence-corrected chi connectivity index (χ3v) is 2.95. The molecule has 3 nitrogen and oxygen atoms in total. The predicted molar refractivity (Wildman–Crippen MR) is 64.2 cm³/mol. The number of amides is 1. The normalized spacial score (nSPS) is 21.6. The van der Waals surface area contributed by atoms with Crippen LogP contribution in [0.2, 0.25) is 0 Å². The van der Waals surface area contributed by atoms with Crippen LogP contribution in [0.3, 0.4) is 0 Å². The van der Waals surface area contributed by atoms with Crippen molar-refractivity contribution in [1.29, 1.82) is 0 Å². The van der Waals surface area contributed by atoms with Crippen LogP contribution in [0.5, 0.6) is 0 Å². The molecule has 1 heterocycles. The van der Waals surface area contributed by atoms with Gasteiger partial charge in [0.25, 0.3) is 5.91 Å². The summed E-state index contributed by atoms with van der Waals surface area (Å²) in [5.74, 6) is -0.737. The minimum Gasteiger partial charge on any atom is -0.294 e. The van der Waals surface area contributed by atoms with Gasteiger partial charge in [-0.3, -0.25) is 9.59 Å². The number of aliphatic imine (C=N–C) groups is 1. The SMILES string of the molecule is O=C1N=C2C=CC=CC(=O)C2c2ccccc21. The van der Waals surface area contributed by atoms with Gasteiger partial charge in [-0.15, -0.1) is 0 Å². The second-order valence-electron chi connectivity index (χ2n) is 3.98. The van der Waals surface area contributed by atoms with Crippen LogP contribution < -0.4 is 0 Å². The summed E-state index contributed by atoms with van der Waals surface area (Å²) in [5.41, 5.74) is 1.81. The highest BCUT2D eigenvalue weighted by Gasteiger charge is 2.32. The highest BCUT2D eigenvalue weighted by molar-refractivity contribution is 6.25. The van der Waals surface area contributed by atoms with E-state index in [0.29, 0.717) is 11.3 Å². The number of carbonyl (C=O) groups is 2. The molecule has 1 aliphatic carbocycles. The Morgan fingerprint density at radius 1 is 1.00 bits per heavy atom. The second-order valence-corrected chi connectivity index (χ2v) is 3.98. The maximum absolute atomic E-state index is 12.0. The zero-order valence-corrected chi connectivity index (χ0v) is 8.96. The van der Waals surface area contributed by atoms with E-state index in [2.05, 4.69) is 4.99 Å². The molecule has 17 heavy (non-hydrogen) atoms. The number of rotatable bonds is 0. The van der Waals surface area contributed by atoms with E-state index in [-0.39, 0.29) is 11.7 Å². The van der Waals surface area contributed by atoms with E-state index in [4.69, 9.17) is 0 Å². The molecule has 0 bridgehead atoms. The number of hydrogen-bond acceptors (Lipinski definition) is 2. The van der Waals surface area contributed by atoms with Gasteiger partial charge in [0.1, 0.15) is 0 Å². The maximum Gasteiger partial charge on any atom is 0.277 e. The zero-order chi connectivity index (χ0) is 11.8. The van der Waals surface area contributed by atoms with Gasteiger partial charge < -0.3 is 0 Å². The Morgan fingerprint density at radius 3 is 2.65 bits per heavy atom. The van der Waals surface area contributed by atoms with Gasteiger partial charge in [0.05, 0.1) is 11.6 Å². The first-order valence-corrected chi connectivity index (χ1v) is 5.38. The molecule has 1 amide bonds. The van der Waals surface area contributed by atoms with Crippen LogP contribution in [-0.4, -0.2) is 17.4 Å². The molecule has 0 fully saturated rings. The Hall–Kier alpha value is -2.29. The molecule has 1 unspecified atom stereocenters. The van der Waals surface area contributed by atoms with Crippen LogP contribution in [0.4, 0.5) is 0 Å². The van der Waals surface area contributed by atoms with Crippen molar-refractivity contribution in [1.82, 2.24) is 0 Å². The molecule has 1 aliphatic heterocycles. The van der Waals surface area contributed by atoms with Crippen molar-refractivity contribution in [2.75, 3.05) is 0 Å². The number of carbonyl (C=O) groups excluding carboxylic acids is 2. The lowest BCUT2D eigenvalue weighted by Crippen LogP contribution is -2.25. The number of allylic oxidation sites excluding steroid dienone is 4. The number of hydrogen-bond donors (Lipinski definition) is 0. The van der Waals surface area contributed by atoms with Crippen molar-refractivity contribution in [3.63, 3.8) is 0 Å². The molecule has 3 heteroatoms. The minimum atomic E-state index is -0.432. The third-order valence-electron chi connectivity index (χ3n) is 2.95. The van der Waals surface area contributed by atoms with Crippen LogP contribution in [0.15, 0.2) is 53.6 Å². The maximum atomic E-state index is 12.0. The minimum absolute atomic E-state index is 0.0336. The van der Waals surface area contributed by atoms with Gasteiger partial charge in [-0.2, -0.15) is 0 Å². The van der Waals surface area contributed by atoms with Crippen molar-refractivity contribution < 1.29 is 9.59 Å². The lowest BCUT2D eigenvalue weighted by Gasteiger charge is -2.20. The van der Waals surface area contributed by atoms with Crippen LogP contribution in [0.1, 0.15) is 21.8 Å². The zero-order valence-electron chi connectivity index (χ0n) is 8.96. The van der Waals surface area contributed by atoms with E-state index in [9.17, 15) is 9.59 Å². The molecule has 0 saturated heterocycles. The number of benzene rings is 1. The smallest absolute Gasteiger partial charge is 0.277 e. The van der Waals surface area contributed by atoms with Crippen molar-refractivity contribution in [2.24, 2.45) is 4.99 Å². The summed E-state index contributed by atoms with van der Waals surface area (Å²) in [4.78, 5) is 27.8. The van der Waals surface area contributed by atoms with Gasteiger partial charge >= 0.3 is 0 Å². The molecular weight excluding hydrogens is 214 g/mol. The van der Waals surface area contributed by atoms with Gasteiger partial charge in [0.2, 0.25) is 0 Å². The average molecular weight is 223 g/mol. The fourth-order valence-electron chi connectivity index (χ4n) is 2.18. The molecule has 3 rings (SSSR count). The van der Waals surface area contributed by atoms with Crippen molar-refractivity contribution in [2.45, 2.75) is 5.92 Å². The first-order valence-electron chi connectivity index (χ1n) is 5.38. The second kappa shape index (κ2) is 3.63. The van der Waals surface area contributed by atoms with E-state index in [1.54, 1.807) is 30.4 Å². The first-order chi connectivity index (χ1) is 8.27. The summed E-state index contributed by atoms with van der Waals surface area (Å²) in [6.07, 6.45) is 6.66. The Morgan fingerprint density at radius 2 is 1.76 bits per heavy atom. The van der Waals surface area contributed by atoms with Gasteiger partial charge in [-0.05, 0) is 23.8 Å². The third kappa shape index (κ3) is 1.47. The Balaban J connectivity index is 2.25. The van der Waals surface area contributed by atoms with E-state index < -0.39 is 5.92 Å². The summed E-state index contributed by atoms with van der Waals surface area (Å²) in [6, 6.07) is 7.14. The monoisotopic (exact) mass is 223 g/mol. The van der Waals surface area contributed by atoms with Crippen LogP contribution in [0.25, 0.3) is 0 Å². The lowest BCUT2D eigenvalue weighted by atomic mass is 9.85. The van der Waals surface area contributed by atoms with E-state index in [1.165, 1.54) is 6.08 Å². The molecular formula is C14H9NO2. The number of ketones is 1. The molecule has 0 N–H and O–H groups in total. The van der Waals surface area contributed by atoms with Gasteiger partial charge in [0, 0.05) is 5.56 Å². The summed E-state index contributed by atoms with van der Waals surface area (Å²) < 4.78 is 0. The molecule has 0 radical (unpaired) electrons. The van der Waals surface area contributed by atoms with Crippen molar-refractivity contribution in [3.8, 4) is 0 Å². The Kier molecular flexibility index (Phi) is 2.11. The largest absolute Gasteiger partial charge is 0.294 e. The molecule has 1 aromatic rings. The average Bonchev–Trinajstić information content (AvgIpc) is 2.52. The van der Waals surface area contributed by atoms with Crippen molar-refractivity contribution >= 4 is 17.4 Å². The summed E-state index contributed by atoms with van der Waals surface area (Å²) in [6.45, 7) is 0. The molecule has 1 atom stereocenters. The molecule has 2 aliphatic rings. The molecule has 1 aromatic carbocycles. The summed E-state index contributed by atoms with van der Waals surface area (Å²) in [5, 5.41) is 0. The summed E-state index contributed by atoms with van der Waals surface area (Å²) in [7, 11) is 0. The highest BCUT2D eigenvalue weighted by atomic mass is 16.1. The van der Waals surface area contributed by atoms with E-state index in [1.807, 2.05) is 12.1 Å². The topological polar surface area (TPSA) is 46.5 Å². The standard InChI is InChI=1S/C14H9NO2/c16-12-8-4-3-7-11-13(12)9-5-1-2-6-10(9)14(17)15-11/h1-8,13H. The quantitative estimate of drug-likeness (QED) is 0.675. The fraction of sp³-hybridized carbons (Fsp3) is 0.0714. The number of fused-ring (bicyclic) bond motifs is 3. The van der Waals surface area contributed by atoms with Gasteiger partial charge in [-0.25, -0.2) is 4.99 Å². The first kappa shape index (κ1) is 9.90. The Labute approximate surface area is 98.2 Å². The molecule has 0 aromatic heterocycles. The predicted octanol–water partition coefficient (Wildman–Crippen LogP) is 2.06. The Bertz CT molecular complexity index is 608. The number of nitrogens with zero attached hydrogens (tertiary/aromatic N) is 1. The molecule has 0 saturated carbocycles. The molecule has 82 valence electrons. The summed E-state index contributed by atoms with van der Waals surface area (Å²) >= 11 is 0. The van der Waals surface area contributed by atoms with E-state index in [0.717, 1.165) is 5.56 Å². The van der Waals surface area contributed by atoms with Crippen LogP contribution in [-0.2, 0) is 4.79 Å². The van der Waals surface area contributed by atoms with Crippen molar-refractivity contribution in [3.05, 3.63) is 59.7 Å². The fourth-order valence-corrected chi connectivity index (χ4v) is 2.18. The lowest BCUT2D eigenvalue weighted by molar-refractivity contribution is -0.114. The van der Waals surface area contributed by atoms with Crippen LogP contribution in [0, 0.1) is 0 Å².